The quantitative estimate of drug-likeness (QED) is 0.940. The number of carboxylic acid groups (broad SMARTS) is 1. The van der Waals surface area contributed by atoms with E-state index in [2.05, 4.69) is 20.9 Å². The van der Waals surface area contributed by atoms with Crippen LogP contribution in [0, 0.1) is 11.3 Å². The standard InChI is InChI=1S/C12H10BrN3O2/c13-8-4-5-10-9(6-14)15-11(16(10)7-8)2-1-3-12(17)18/h4-5,7H,1-3H2,(H,17,18). The molecular formula is C12H10BrN3O2. The molecule has 0 radical (unpaired) electrons. The molecule has 6 heteroatoms. The number of rotatable bonds is 4. The molecule has 1 N–H and O–H groups in total. The highest BCUT2D eigenvalue weighted by atomic mass is 79.9. The number of nitrogens with zero attached hydrogens (tertiary/aromatic N) is 3. The SMILES string of the molecule is N#Cc1nc(CCCC(=O)O)n2cc(Br)ccc12. The molecule has 92 valence electrons. The lowest BCUT2D eigenvalue weighted by Crippen LogP contribution is -1.99. The number of aromatic nitrogens is 2. The zero-order chi connectivity index (χ0) is 13.1. The summed E-state index contributed by atoms with van der Waals surface area (Å²) in [5.41, 5.74) is 1.11. The van der Waals surface area contributed by atoms with Crippen LogP contribution >= 0.6 is 15.9 Å². The number of fused-ring (bicyclic) bond motifs is 1. The first kappa shape index (κ1) is 12.6. The lowest BCUT2D eigenvalue weighted by Gasteiger charge is -2.00. The molecule has 18 heavy (non-hydrogen) atoms. The van der Waals surface area contributed by atoms with Crippen LogP contribution in [0.2, 0.25) is 0 Å². The maximum atomic E-state index is 10.5. The van der Waals surface area contributed by atoms with E-state index < -0.39 is 5.97 Å². The monoisotopic (exact) mass is 307 g/mol. The second kappa shape index (κ2) is 5.19. The number of hydrogen-bond donors (Lipinski definition) is 1. The van der Waals surface area contributed by atoms with Gasteiger partial charge in [-0.05, 0) is 34.5 Å². The zero-order valence-corrected chi connectivity index (χ0v) is 11.0. The predicted octanol–water partition coefficient (Wildman–Crippen LogP) is 2.38. The molecule has 0 saturated carbocycles. The number of pyridine rings is 1. The van der Waals surface area contributed by atoms with Crippen molar-refractivity contribution >= 4 is 27.4 Å². The Bertz CT molecular complexity index is 643. The highest BCUT2D eigenvalue weighted by molar-refractivity contribution is 9.10. The Morgan fingerprint density at radius 2 is 2.33 bits per heavy atom. The van der Waals surface area contributed by atoms with E-state index in [-0.39, 0.29) is 6.42 Å². The fourth-order valence-corrected chi connectivity index (χ4v) is 2.11. The van der Waals surface area contributed by atoms with Crippen molar-refractivity contribution in [3.63, 3.8) is 0 Å². The first-order valence-corrected chi connectivity index (χ1v) is 6.19. The number of carbonyl (C=O) groups is 1. The van der Waals surface area contributed by atoms with Gasteiger partial charge in [0.1, 0.15) is 11.9 Å². The molecule has 2 rings (SSSR count). The third-order valence-electron chi connectivity index (χ3n) is 2.57. The Morgan fingerprint density at radius 3 is 3.00 bits per heavy atom. The highest BCUT2D eigenvalue weighted by Gasteiger charge is 2.11. The van der Waals surface area contributed by atoms with Gasteiger partial charge in [-0.15, -0.1) is 0 Å². The van der Waals surface area contributed by atoms with Crippen molar-refractivity contribution in [2.45, 2.75) is 19.3 Å². The van der Waals surface area contributed by atoms with E-state index in [1.807, 2.05) is 28.8 Å². The van der Waals surface area contributed by atoms with E-state index in [4.69, 9.17) is 10.4 Å². The van der Waals surface area contributed by atoms with Crippen molar-refractivity contribution in [3.05, 3.63) is 34.3 Å². The molecule has 0 aliphatic carbocycles. The van der Waals surface area contributed by atoms with Crippen LogP contribution in [0.5, 0.6) is 0 Å². The van der Waals surface area contributed by atoms with Crippen LogP contribution in [0.4, 0.5) is 0 Å². The molecule has 2 aromatic heterocycles. The Morgan fingerprint density at radius 1 is 1.56 bits per heavy atom. The van der Waals surface area contributed by atoms with E-state index in [0.29, 0.717) is 24.4 Å². The van der Waals surface area contributed by atoms with Crippen molar-refractivity contribution < 1.29 is 9.90 Å². The van der Waals surface area contributed by atoms with Crippen molar-refractivity contribution in [1.29, 1.82) is 5.26 Å². The van der Waals surface area contributed by atoms with Crippen LogP contribution in [0.1, 0.15) is 24.4 Å². The van der Waals surface area contributed by atoms with E-state index in [0.717, 1.165) is 9.99 Å². The van der Waals surface area contributed by atoms with Gasteiger partial charge in [0.05, 0.1) is 5.52 Å². The number of hydrogen-bond acceptors (Lipinski definition) is 3. The fraction of sp³-hybridized carbons (Fsp3) is 0.250. The van der Waals surface area contributed by atoms with Crippen molar-refractivity contribution in [1.82, 2.24) is 9.38 Å². The molecule has 0 aromatic carbocycles. The lowest BCUT2D eigenvalue weighted by molar-refractivity contribution is -0.137. The number of aryl methyl sites for hydroxylation is 1. The minimum atomic E-state index is -0.822. The largest absolute Gasteiger partial charge is 0.481 e. The average Bonchev–Trinajstić information content (AvgIpc) is 2.66. The maximum absolute atomic E-state index is 10.5. The number of nitriles is 1. The molecule has 0 fully saturated rings. The summed E-state index contributed by atoms with van der Waals surface area (Å²) in [6.07, 6.45) is 2.97. The molecular weight excluding hydrogens is 298 g/mol. The Balaban J connectivity index is 2.35. The molecule has 0 saturated heterocycles. The summed E-state index contributed by atoms with van der Waals surface area (Å²) in [6, 6.07) is 5.71. The second-order valence-corrected chi connectivity index (χ2v) is 4.75. The third-order valence-corrected chi connectivity index (χ3v) is 3.04. The summed E-state index contributed by atoms with van der Waals surface area (Å²) in [4.78, 5) is 14.7. The molecule has 0 amide bonds. The van der Waals surface area contributed by atoms with Gasteiger partial charge in [0, 0.05) is 23.5 Å². The molecule has 0 aliphatic heterocycles. The molecule has 5 nitrogen and oxygen atoms in total. The normalized spacial score (nSPS) is 10.4. The van der Waals surface area contributed by atoms with Gasteiger partial charge in [0.15, 0.2) is 5.69 Å². The van der Waals surface area contributed by atoms with E-state index in [9.17, 15) is 4.79 Å². The second-order valence-electron chi connectivity index (χ2n) is 3.84. The Hall–Kier alpha value is -1.87. The van der Waals surface area contributed by atoms with Gasteiger partial charge in [-0.25, -0.2) is 4.98 Å². The predicted molar refractivity (Wildman–Crippen MR) is 68.2 cm³/mol. The van der Waals surface area contributed by atoms with Gasteiger partial charge < -0.3 is 9.51 Å². The summed E-state index contributed by atoms with van der Waals surface area (Å²) in [5, 5.41) is 17.6. The van der Waals surface area contributed by atoms with E-state index in [1.165, 1.54) is 0 Å². The van der Waals surface area contributed by atoms with Crippen LogP contribution in [-0.2, 0) is 11.2 Å². The maximum Gasteiger partial charge on any atom is 0.303 e. The van der Waals surface area contributed by atoms with Gasteiger partial charge in [-0.2, -0.15) is 5.26 Å². The summed E-state index contributed by atoms with van der Waals surface area (Å²) < 4.78 is 2.71. The van der Waals surface area contributed by atoms with Gasteiger partial charge in [0.2, 0.25) is 0 Å². The van der Waals surface area contributed by atoms with Gasteiger partial charge in [-0.1, -0.05) is 0 Å². The first-order valence-electron chi connectivity index (χ1n) is 5.40. The zero-order valence-electron chi connectivity index (χ0n) is 9.43. The van der Waals surface area contributed by atoms with E-state index >= 15 is 0 Å². The van der Waals surface area contributed by atoms with Crippen LogP contribution in [0.15, 0.2) is 22.8 Å². The minimum absolute atomic E-state index is 0.102. The summed E-state index contributed by atoms with van der Waals surface area (Å²) in [6.45, 7) is 0. The Kier molecular flexibility index (Phi) is 3.63. The van der Waals surface area contributed by atoms with Crippen molar-refractivity contribution in [2.75, 3.05) is 0 Å². The van der Waals surface area contributed by atoms with Crippen LogP contribution in [-0.4, -0.2) is 20.5 Å². The molecule has 0 spiro atoms. The summed E-state index contributed by atoms with van der Waals surface area (Å²) in [7, 11) is 0. The number of aliphatic carboxylic acids is 1. The number of imidazole rings is 1. The molecule has 0 atom stereocenters. The van der Waals surface area contributed by atoms with Gasteiger partial charge in [0.25, 0.3) is 0 Å². The Labute approximate surface area is 112 Å². The molecule has 0 bridgehead atoms. The molecule has 2 heterocycles. The van der Waals surface area contributed by atoms with Crippen LogP contribution in [0.3, 0.4) is 0 Å². The molecule has 0 unspecified atom stereocenters. The first-order chi connectivity index (χ1) is 8.61. The summed E-state index contributed by atoms with van der Waals surface area (Å²) in [5.74, 6) is -0.110. The van der Waals surface area contributed by atoms with Crippen molar-refractivity contribution in [3.8, 4) is 6.07 Å². The molecule has 2 aromatic rings. The average molecular weight is 308 g/mol. The van der Waals surface area contributed by atoms with Crippen LogP contribution in [0.25, 0.3) is 5.52 Å². The number of halogens is 1. The van der Waals surface area contributed by atoms with Gasteiger partial charge >= 0.3 is 5.97 Å². The fourth-order valence-electron chi connectivity index (χ4n) is 1.78. The smallest absolute Gasteiger partial charge is 0.303 e. The number of carboxylic acids is 1. The van der Waals surface area contributed by atoms with Gasteiger partial charge in [-0.3, -0.25) is 4.79 Å². The van der Waals surface area contributed by atoms with Crippen molar-refractivity contribution in [2.24, 2.45) is 0 Å². The van der Waals surface area contributed by atoms with Crippen LogP contribution < -0.4 is 0 Å². The topological polar surface area (TPSA) is 78.4 Å². The minimum Gasteiger partial charge on any atom is -0.481 e. The molecule has 0 aliphatic rings. The lowest BCUT2D eigenvalue weighted by atomic mass is 10.2. The third kappa shape index (κ3) is 2.51. The van der Waals surface area contributed by atoms with E-state index in [1.54, 1.807) is 0 Å². The summed E-state index contributed by atoms with van der Waals surface area (Å²) >= 11 is 3.36. The highest BCUT2D eigenvalue weighted by Crippen LogP contribution is 2.18.